The fourth-order valence-electron chi connectivity index (χ4n) is 1.66. The molecule has 9 nitrogen and oxygen atoms in total. The molecule has 9 heteroatoms. The minimum absolute atomic E-state index is 0.118. The second-order valence-electron chi connectivity index (χ2n) is 4.60. The number of carboxylic acid groups (broad SMARTS) is 1. The number of ether oxygens (including phenoxy) is 2. The van der Waals surface area contributed by atoms with Crippen molar-refractivity contribution in [1.82, 2.24) is 0 Å². The molecule has 1 aromatic rings. The Labute approximate surface area is 131 Å². The number of carbonyl (C=O) groups is 3. The Morgan fingerprint density at radius 2 is 1.83 bits per heavy atom. The lowest BCUT2D eigenvalue weighted by molar-refractivity contribution is -0.384. The van der Waals surface area contributed by atoms with E-state index in [-0.39, 0.29) is 18.9 Å². The number of nitrogens with zero attached hydrogens (tertiary/aromatic N) is 1. The second kappa shape index (κ2) is 8.59. The van der Waals surface area contributed by atoms with E-state index in [4.69, 9.17) is 4.74 Å². The number of esters is 1. The van der Waals surface area contributed by atoms with Crippen LogP contribution < -0.4 is 5.11 Å². The number of nitro benzene ring substituents is 1. The number of hydrogen-bond acceptors (Lipinski definition) is 8. The molecule has 0 amide bonds. The minimum Gasteiger partial charge on any atom is -0.550 e. The lowest BCUT2D eigenvalue weighted by Gasteiger charge is -2.15. The number of carbonyl (C=O) groups excluding carboxylic acids is 3. The van der Waals surface area contributed by atoms with Gasteiger partial charge in [-0.25, -0.2) is 4.79 Å². The van der Waals surface area contributed by atoms with Crippen LogP contribution in [0.1, 0.15) is 12.0 Å². The van der Waals surface area contributed by atoms with Gasteiger partial charge in [0.1, 0.15) is 6.61 Å². The Balaban J connectivity index is 2.53. The predicted molar refractivity (Wildman–Crippen MR) is 72.9 cm³/mol. The molecule has 0 N–H and O–H groups in total. The molecule has 0 heterocycles. The highest BCUT2D eigenvalue weighted by Crippen LogP contribution is 2.13. The molecule has 1 atom stereocenters. The van der Waals surface area contributed by atoms with E-state index in [0.717, 1.165) is 0 Å². The van der Waals surface area contributed by atoms with Crippen molar-refractivity contribution in [3.63, 3.8) is 0 Å². The number of nitro groups is 1. The normalized spacial score (nSPS) is 11.5. The van der Waals surface area contributed by atoms with Crippen LogP contribution in [-0.4, -0.2) is 36.4 Å². The number of methoxy groups -OCH3 is 1. The van der Waals surface area contributed by atoms with Crippen LogP contribution in [0, 0.1) is 16.0 Å². The summed E-state index contributed by atoms with van der Waals surface area (Å²) in [5, 5.41) is 21.3. The first-order valence-electron chi connectivity index (χ1n) is 6.48. The van der Waals surface area contributed by atoms with Gasteiger partial charge in [0, 0.05) is 37.6 Å². The summed E-state index contributed by atoms with van der Waals surface area (Å²) in [6.07, 6.45) is -0.588. The van der Waals surface area contributed by atoms with E-state index in [1.807, 2.05) is 0 Å². The van der Waals surface area contributed by atoms with Gasteiger partial charge in [-0.05, 0) is 17.7 Å². The van der Waals surface area contributed by atoms with Crippen LogP contribution in [0.25, 0.3) is 0 Å². The van der Waals surface area contributed by atoms with Gasteiger partial charge in [0.25, 0.3) is 5.69 Å². The van der Waals surface area contributed by atoms with Gasteiger partial charge in [0.05, 0.1) is 11.5 Å². The Morgan fingerprint density at radius 1 is 1.22 bits per heavy atom. The van der Waals surface area contributed by atoms with Gasteiger partial charge < -0.3 is 19.4 Å². The van der Waals surface area contributed by atoms with Crippen molar-refractivity contribution in [3.8, 4) is 0 Å². The first-order valence-corrected chi connectivity index (χ1v) is 6.48. The van der Waals surface area contributed by atoms with Crippen molar-refractivity contribution in [3.05, 3.63) is 39.9 Å². The molecule has 0 aliphatic rings. The van der Waals surface area contributed by atoms with E-state index >= 15 is 0 Å². The van der Waals surface area contributed by atoms with Crippen molar-refractivity contribution in [2.45, 2.75) is 13.0 Å². The molecule has 0 radical (unpaired) electrons. The van der Waals surface area contributed by atoms with Crippen molar-refractivity contribution in [1.29, 1.82) is 0 Å². The average Bonchev–Trinajstić information content (AvgIpc) is 2.52. The zero-order chi connectivity index (χ0) is 17.4. The number of benzene rings is 1. The number of aliphatic carboxylic acids is 1. The van der Waals surface area contributed by atoms with Gasteiger partial charge in [0.2, 0.25) is 5.78 Å². The zero-order valence-corrected chi connectivity index (χ0v) is 12.2. The van der Waals surface area contributed by atoms with Crippen molar-refractivity contribution in [2.24, 2.45) is 5.92 Å². The fourth-order valence-corrected chi connectivity index (χ4v) is 1.66. The third-order valence-electron chi connectivity index (χ3n) is 2.88. The highest BCUT2D eigenvalue weighted by atomic mass is 16.6. The Hall–Kier alpha value is -2.81. The van der Waals surface area contributed by atoms with Crippen molar-refractivity contribution < 1.29 is 33.9 Å². The van der Waals surface area contributed by atoms with E-state index in [9.17, 15) is 29.6 Å². The van der Waals surface area contributed by atoms with E-state index in [1.54, 1.807) is 0 Å². The molecule has 0 aromatic heterocycles. The minimum atomic E-state index is -1.50. The van der Waals surface area contributed by atoms with Crippen molar-refractivity contribution in [2.75, 3.05) is 13.7 Å². The summed E-state index contributed by atoms with van der Waals surface area (Å²) in [6.45, 7) is -0.521. The maximum absolute atomic E-state index is 11.6. The lowest BCUT2D eigenvalue weighted by atomic mass is 10.0. The van der Waals surface area contributed by atoms with E-state index in [0.29, 0.717) is 5.56 Å². The molecule has 0 aliphatic heterocycles. The molecular weight excluding hydrogens is 310 g/mol. The Morgan fingerprint density at radius 3 is 2.30 bits per heavy atom. The summed E-state index contributed by atoms with van der Waals surface area (Å²) in [6, 6.07) is 5.22. The average molecular weight is 324 g/mol. The maximum atomic E-state index is 11.6. The van der Waals surface area contributed by atoms with Crippen molar-refractivity contribution >= 4 is 23.4 Å². The molecule has 1 unspecified atom stereocenters. The highest BCUT2D eigenvalue weighted by Gasteiger charge is 2.22. The molecular formula is C14H14NO8-. The molecule has 0 spiro atoms. The molecule has 0 saturated carbocycles. The first-order chi connectivity index (χ1) is 10.8. The maximum Gasteiger partial charge on any atom is 0.374 e. The number of carboxylic acids is 1. The SMILES string of the molecule is COCC(CC(=O)C(=O)OCc1ccc([N+](=O)[O-])cc1)C(=O)[O-]. The largest absolute Gasteiger partial charge is 0.550 e. The molecule has 0 aliphatic carbocycles. The van der Waals surface area contributed by atoms with Gasteiger partial charge in [-0.1, -0.05) is 0 Å². The Bertz CT molecular complexity index is 595. The molecule has 0 saturated heterocycles. The molecule has 0 bridgehead atoms. The van der Waals surface area contributed by atoms with Crippen LogP contribution in [0.2, 0.25) is 0 Å². The third kappa shape index (κ3) is 5.83. The fraction of sp³-hybridized carbons (Fsp3) is 0.357. The summed E-state index contributed by atoms with van der Waals surface area (Å²) in [4.78, 5) is 43.8. The van der Waals surface area contributed by atoms with Crippen LogP contribution >= 0.6 is 0 Å². The first kappa shape index (κ1) is 18.2. The number of ketones is 1. The van der Waals surface area contributed by atoms with Gasteiger partial charge in [0.15, 0.2) is 0 Å². The molecule has 23 heavy (non-hydrogen) atoms. The summed E-state index contributed by atoms with van der Waals surface area (Å²) >= 11 is 0. The highest BCUT2D eigenvalue weighted by molar-refractivity contribution is 6.33. The Kier molecular flexibility index (Phi) is 6.81. The number of rotatable bonds is 9. The molecule has 1 rings (SSSR count). The lowest BCUT2D eigenvalue weighted by Crippen LogP contribution is -2.36. The van der Waals surface area contributed by atoms with E-state index in [2.05, 4.69) is 4.74 Å². The van der Waals surface area contributed by atoms with Gasteiger partial charge in [-0.2, -0.15) is 0 Å². The summed E-state index contributed by atoms with van der Waals surface area (Å²) in [5.74, 6) is -4.94. The second-order valence-corrected chi connectivity index (χ2v) is 4.60. The zero-order valence-electron chi connectivity index (χ0n) is 12.2. The van der Waals surface area contributed by atoms with Crippen LogP contribution in [0.15, 0.2) is 24.3 Å². The summed E-state index contributed by atoms with van der Waals surface area (Å²) in [7, 11) is 1.26. The number of non-ortho nitro benzene ring substituents is 1. The van der Waals surface area contributed by atoms with Gasteiger partial charge >= 0.3 is 5.97 Å². The number of hydrogen-bond donors (Lipinski definition) is 0. The van der Waals surface area contributed by atoms with Gasteiger partial charge in [-0.3, -0.25) is 14.9 Å². The van der Waals surface area contributed by atoms with Crippen LogP contribution in [0.4, 0.5) is 5.69 Å². The monoisotopic (exact) mass is 324 g/mol. The molecule has 0 fully saturated rings. The summed E-state index contributed by atoms with van der Waals surface area (Å²) in [5.41, 5.74) is 0.331. The topological polar surface area (TPSA) is 136 Å². The standard InChI is InChI=1S/C14H15NO8/c1-22-8-10(13(17)18)6-12(16)14(19)23-7-9-2-4-11(5-3-9)15(20)21/h2-5,10H,6-8H2,1H3,(H,17,18)/p-1. The quantitative estimate of drug-likeness (QED) is 0.259. The smallest absolute Gasteiger partial charge is 0.374 e. The third-order valence-corrected chi connectivity index (χ3v) is 2.88. The van der Waals surface area contributed by atoms with E-state index in [1.165, 1.54) is 31.4 Å². The predicted octanol–water partition coefficient (Wildman–Crippen LogP) is -0.390. The van der Waals surface area contributed by atoms with Crippen LogP contribution in [0.5, 0.6) is 0 Å². The van der Waals surface area contributed by atoms with Gasteiger partial charge in [-0.15, -0.1) is 0 Å². The van der Waals surface area contributed by atoms with Crippen LogP contribution in [0.3, 0.4) is 0 Å². The van der Waals surface area contributed by atoms with Crippen LogP contribution in [-0.2, 0) is 30.5 Å². The number of Topliss-reactive ketones (excluding diaryl/α,β-unsaturated/α-hetero) is 1. The molecule has 1 aromatic carbocycles. The summed E-state index contributed by atoms with van der Waals surface area (Å²) < 4.78 is 9.36. The van der Waals surface area contributed by atoms with E-state index < -0.39 is 35.0 Å². The molecule has 124 valence electrons.